The molecule has 1 unspecified atom stereocenters. The van der Waals surface area contributed by atoms with Crippen molar-refractivity contribution in [2.75, 3.05) is 6.54 Å². The summed E-state index contributed by atoms with van der Waals surface area (Å²) in [6, 6.07) is 24.8. The lowest BCUT2D eigenvalue weighted by Gasteiger charge is -2.35. The number of carbonyl (C=O) groups excluding carboxylic acids is 1. The van der Waals surface area contributed by atoms with Gasteiger partial charge in [-0.3, -0.25) is 4.79 Å². The molecule has 0 spiro atoms. The lowest BCUT2D eigenvalue weighted by Crippen LogP contribution is -2.38. The average molecular weight is 356 g/mol. The van der Waals surface area contributed by atoms with Crippen LogP contribution in [0, 0.1) is 13.0 Å². The highest BCUT2D eigenvalue weighted by Gasteiger charge is 2.28. The van der Waals surface area contributed by atoms with Crippen molar-refractivity contribution in [1.82, 2.24) is 4.90 Å². The van der Waals surface area contributed by atoms with Crippen molar-refractivity contribution in [3.8, 4) is 11.5 Å². The van der Waals surface area contributed by atoms with Gasteiger partial charge in [-0.25, -0.2) is 0 Å². The number of rotatable bonds is 3. The second-order valence-electron chi connectivity index (χ2n) is 6.95. The van der Waals surface area contributed by atoms with E-state index in [0.717, 1.165) is 18.5 Å². The van der Waals surface area contributed by atoms with Crippen LogP contribution < -0.4 is 4.74 Å². The lowest BCUT2D eigenvalue weighted by atomic mass is 9.93. The highest BCUT2D eigenvalue weighted by atomic mass is 16.5. The Kier molecular flexibility index (Phi) is 4.68. The molecular weight excluding hydrogens is 334 g/mol. The van der Waals surface area contributed by atoms with Gasteiger partial charge < -0.3 is 9.64 Å². The molecule has 0 aliphatic carbocycles. The van der Waals surface area contributed by atoms with E-state index in [4.69, 9.17) is 4.74 Å². The van der Waals surface area contributed by atoms with Gasteiger partial charge in [-0.2, -0.15) is 0 Å². The molecular formula is C24H22NO2. The highest BCUT2D eigenvalue weighted by Crippen LogP contribution is 2.31. The summed E-state index contributed by atoms with van der Waals surface area (Å²) in [7, 11) is 0. The maximum Gasteiger partial charge on any atom is 0.254 e. The van der Waals surface area contributed by atoms with Crippen LogP contribution >= 0.6 is 0 Å². The quantitative estimate of drug-likeness (QED) is 0.633. The second-order valence-corrected chi connectivity index (χ2v) is 6.95. The molecule has 1 aliphatic heterocycles. The van der Waals surface area contributed by atoms with Crippen LogP contribution in [0.1, 0.15) is 40.0 Å². The van der Waals surface area contributed by atoms with E-state index in [0.29, 0.717) is 17.1 Å². The molecule has 4 rings (SSSR count). The van der Waals surface area contributed by atoms with Gasteiger partial charge in [0, 0.05) is 18.2 Å². The lowest BCUT2D eigenvalue weighted by molar-refractivity contribution is 0.0677. The Hall–Kier alpha value is -3.07. The Labute approximate surface area is 160 Å². The van der Waals surface area contributed by atoms with Gasteiger partial charge in [-0.05, 0) is 61.2 Å². The van der Waals surface area contributed by atoms with Gasteiger partial charge in [-0.15, -0.1) is 0 Å². The maximum atomic E-state index is 13.1. The number of aryl methyl sites for hydroxylation is 1. The zero-order chi connectivity index (χ0) is 18.8. The number of ether oxygens (including phenoxy) is 1. The molecule has 135 valence electrons. The number of carbonyl (C=O) groups is 1. The zero-order valence-corrected chi connectivity index (χ0v) is 15.6. The van der Waals surface area contributed by atoms with Crippen LogP contribution in [-0.4, -0.2) is 17.4 Å². The van der Waals surface area contributed by atoms with Crippen molar-refractivity contribution >= 4 is 5.91 Å². The van der Waals surface area contributed by atoms with Crippen molar-refractivity contribution in [2.45, 2.75) is 26.3 Å². The van der Waals surface area contributed by atoms with Gasteiger partial charge in [0.25, 0.3) is 5.91 Å². The fourth-order valence-electron chi connectivity index (χ4n) is 3.65. The van der Waals surface area contributed by atoms with E-state index in [1.165, 1.54) is 11.1 Å². The highest BCUT2D eigenvalue weighted by molar-refractivity contribution is 5.95. The van der Waals surface area contributed by atoms with Gasteiger partial charge >= 0.3 is 0 Å². The second kappa shape index (κ2) is 7.28. The van der Waals surface area contributed by atoms with E-state index >= 15 is 0 Å². The van der Waals surface area contributed by atoms with Crippen molar-refractivity contribution in [3.63, 3.8) is 0 Å². The smallest absolute Gasteiger partial charge is 0.254 e. The predicted molar refractivity (Wildman–Crippen MR) is 106 cm³/mol. The van der Waals surface area contributed by atoms with Crippen LogP contribution in [0.5, 0.6) is 11.5 Å². The van der Waals surface area contributed by atoms with E-state index in [-0.39, 0.29) is 11.9 Å². The monoisotopic (exact) mass is 356 g/mol. The van der Waals surface area contributed by atoms with Crippen molar-refractivity contribution in [3.05, 3.63) is 95.1 Å². The SMILES string of the molecule is Cc1[c]c(Oc2cccc(C(=O)N3CCc4ccccc4C3C)c2)ccc1. The molecule has 0 saturated heterocycles. The summed E-state index contributed by atoms with van der Waals surface area (Å²) in [5, 5.41) is 0. The molecule has 3 heteroatoms. The predicted octanol–water partition coefficient (Wildman–Crippen LogP) is 5.35. The molecule has 1 atom stereocenters. The summed E-state index contributed by atoms with van der Waals surface area (Å²) < 4.78 is 5.89. The third-order valence-corrected chi connectivity index (χ3v) is 5.08. The summed E-state index contributed by atoms with van der Waals surface area (Å²) in [5.74, 6) is 1.34. The Morgan fingerprint density at radius 3 is 2.74 bits per heavy atom. The van der Waals surface area contributed by atoms with E-state index in [9.17, 15) is 4.79 Å². The molecule has 3 nitrogen and oxygen atoms in total. The molecule has 0 saturated carbocycles. The van der Waals surface area contributed by atoms with Crippen LogP contribution in [0.25, 0.3) is 0 Å². The Morgan fingerprint density at radius 1 is 1.07 bits per heavy atom. The molecule has 27 heavy (non-hydrogen) atoms. The molecule has 1 radical (unpaired) electrons. The summed E-state index contributed by atoms with van der Waals surface area (Å²) >= 11 is 0. The van der Waals surface area contributed by atoms with E-state index in [1.807, 2.05) is 60.4 Å². The fourth-order valence-corrected chi connectivity index (χ4v) is 3.65. The maximum absolute atomic E-state index is 13.1. The number of hydrogen-bond acceptors (Lipinski definition) is 2. The van der Waals surface area contributed by atoms with Gasteiger partial charge in [0.15, 0.2) is 0 Å². The normalized spacial score (nSPS) is 15.9. The van der Waals surface area contributed by atoms with E-state index < -0.39 is 0 Å². The summed E-state index contributed by atoms with van der Waals surface area (Å²) in [5.41, 5.74) is 4.23. The molecule has 0 bridgehead atoms. The molecule has 1 heterocycles. The number of fused-ring (bicyclic) bond motifs is 1. The first-order valence-electron chi connectivity index (χ1n) is 9.27. The van der Waals surface area contributed by atoms with Gasteiger partial charge in [0.1, 0.15) is 11.5 Å². The third kappa shape index (κ3) is 3.59. The fraction of sp³-hybridized carbons (Fsp3) is 0.208. The van der Waals surface area contributed by atoms with E-state index in [1.54, 1.807) is 0 Å². The molecule has 1 amide bonds. The van der Waals surface area contributed by atoms with Gasteiger partial charge in [0.05, 0.1) is 6.04 Å². The number of nitrogens with zero attached hydrogens (tertiary/aromatic N) is 1. The topological polar surface area (TPSA) is 29.5 Å². The minimum Gasteiger partial charge on any atom is -0.457 e. The van der Waals surface area contributed by atoms with Gasteiger partial charge in [0.2, 0.25) is 0 Å². The average Bonchev–Trinajstić information content (AvgIpc) is 2.68. The molecule has 3 aromatic carbocycles. The molecule has 0 aromatic heterocycles. The Balaban J connectivity index is 1.56. The van der Waals surface area contributed by atoms with Crippen molar-refractivity contribution < 1.29 is 9.53 Å². The van der Waals surface area contributed by atoms with Crippen LogP contribution in [0.4, 0.5) is 0 Å². The summed E-state index contributed by atoms with van der Waals surface area (Å²) in [4.78, 5) is 15.1. The van der Waals surface area contributed by atoms with Crippen molar-refractivity contribution in [1.29, 1.82) is 0 Å². The molecule has 0 N–H and O–H groups in total. The molecule has 3 aromatic rings. The number of amides is 1. The third-order valence-electron chi connectivity index (χ3n) is 5.08. The van der Waals surface area contributed by atoms with E-state index in [2.05, 4.69) is 31.2 Å². The Bertz CT molecular complexity index is 979. The summed E-state index contributed by atoms with van der Waals surface area (Å²) in [6.45, 7) is 4.80. The zero-order valence-electron chi connectivity index (χ0n) is 15.6. The van der Waals surface area contributed by atoms with Crippen LogP contribution in [0.2, 0.25) is 0 Å². The first-order valence-corrected chi connectivity index (χ1v) is 9.27. The number of benzene rings is 3. The standard InChI is InChI=1S/C24H22NO2/c1-17-7-5-10-21(15-17)27-22-11-6-9-20(16-22)24(26)25-14-13-19-8-3-4-12-23(19)18(25)2/h3-12,16,18H,13-14H2,1-2H3. The van der Waals surface area contributed by atoms with Crippen LogP contribution in [0.3, 0.4) is 0 Å². The summed E-state index contributed by atoms with van der Waals surface area (Å²) in [6.07, 6.45) is 0.890. The minimum atomic E-state index is 0.0377. The molecule has 0 fully saturated rings. The largest absolute Gasteiger partial charge is 0.457 e. The molecule has 1 aliphatic rings. The number of hydrogen-bond donors (Lipinski definition) is 0. The Morgan fingerprint density at radius 2 is 1.89 bits per heavy atom. The van der Waals surface area contributed by atoms with Crippen molar-refractivity contribution in [2.24, 2.45) is 0 Å². The van der Waals surface area contributed by atoms with Crippen LogP contribution in [-0.2, 0) is 6.42 Å². The first-order chi connectivity index (χ1) is 13.1. The van der Waals surface area contributed by atoms with Crippen LogP contribution in [0.15, 0.2) is 66.7 Å². The minimum absolute atomic E-state index is 0.0377. The first kappa shape index (κ1) is 17.3. The van der Waals surface area contributed by atoms with Gasteiger partial charge in [-0.1, -0.05) is 42.5 Å².